The number of hydrogen-bond acceptors (Lipinski definition) is 4. The summed E-state index contributed by atoms with van der Waals surface area (Å²) in [4.78, 5) is 11.5. The minimum atomic E-state index is -0.947. The molecular weight excluding hydrogens is 340 g/mol. The Morgan fingerprint density at radius 2 is 1.60 bits per heavy atom. The van der Waals surface area contributed by atoms with Gasteiger partial charge < -0.3 is 14.2 Å². The van der Waals surface area contributed by atoms with Crippen LogP contribution in [0.4, 0.5) is 0 Å². The standard InChI is InChI=1S/C20H31ClO4/c1-5-6-7-8-9-10-11-14-20(24-3,25-4)17-15-16(19(21)22)12-13-18(17)23-2/h12-13,15H,5-11,14H2,1-4H3. The number of ether oxygens (including phenoxy) is 3. The molecule has 0 N–H and O–H groups in total. The number of benzene rings is 1. The van der Waals surface area contributed by atoms with E-state index in [0.29, 0.717) is 23.3 Å². The summed E-state index contributed by atoms with van der Waals surface area (Å²) >= 11 is 5.63. The molecule has 5 heteroatoms. The summed E-state index contributed by atoms with van der Waals surface area (Å²) in [6.45, 7) is 2.22. The first kappa shape index (κ1) is 21.9. The highest BCUT2D eigenvalue weighted by molar-refractivity contribution is 6.67. The third-order valence-corrected chi connectivity index (χ3v) is 4.82. The number of carbonyl (C=O) groups is 1. The van der Waals surface area contributed by atoms with Gasteiger partial charge in [-0.3, -0.25) is 4.79 Å². The molecule has 1 aromatic rings. The molecule has 0 aromatic heterocycles. The van der Waals surface area contributed by atoms with Crippen molar-refractivity contribution in [1.82, 2.24) is 0 Å². The van der Waals surface area contributed by atoms with Crippen LogP contribution in [0.15, 0.2) is 18.2 Å². The van der Waals surface area contributed by atoms with E-state index in [2.05, 4.69) is 6.92 Å². The molecule has 0 saturated carbocycles. The molecule has 0 atom stereocenters. The van der Waals surface area contributed by atoms with E-state index in [-0.39, 0.29) is 0 Å². The Hall–Kier alpha value is -1.10. The van der Waals surface area contributed by atoms with Crippen LogP contribution in [-0.2, 0) is 15.3 Å². The van der Waals surface area contributed by atoms with Gasteiger partial charge in [0.1, 0.15) is 5.75 Å². The minimum absolute atomic E-state index is 0.399. The molecule has 0 saturated heterocycles. The summed E-state index contributed by atoms with van der Waals surface area (Å²) in [5.41, 5.74) is 1.09. The molecule has 0 bridgehead atoms. The molecule has 4 nitrogen and oxygen atoms in total. The second-order valence-corrected chi connectivity index (χ2v) is 6.56. The number of hydrogen-bond donors (Lipinski definition) is 0. The Kier molecular flexibility index (Phi) is 10.1. The fraction of sp³-hybridized carbons (Fsp3) is 0.650. The predicted octanol–water partition coefficient (Wildman–Crippen LogP) is 5.66. The van der Waals surface area contributed by atoms with Gasteiger partial charge in [0, 0.05) is 26.2 Å². The molecule has 25 heavy (non-hydrogen) atoms. The van der Waals surface area contributed by atoms with Gasteiger partial charge in [-0.05, 0) is 36.2 Å². The van der Waals surface area contributed by atoms with E-state index >= 15 is 0 Å². The number of rotatable bonds is 13. The first-order valence-corrected chi connectivity index (χ1v) is 9.41. The Morgan fingerprint density at radius 1 is 1.00 bits per heavy atom. The number of unbranched alkanes of at least 4 members (excludes halogenated alkanes) is 6. The largest absolute Gasteiger partial charge is 0.496 e. The molecule has 0 spiro atoms. The van der Waals surface area contributed by atoms with Crippen molar-refractivity contribution in [3.8, 4) is 5.75 Å². The van der Waals surface area contributed by atoms with Gasteiger partial charge >= 0.3 is 0 Å². The summed E-state index contributed by atoms with van der Waals surface area (Å²) in [6.07, 6.45) is 9.10. The summed E-state index contributed by atoms with van der Waals surface area (Å²) < 4.78 is 16.9. The zero-order valence-corrected chi connectivity index (χ0v) is 16.7. The molecular formula is C20H31ClO4. The van der Waals surface area contributed by atoms with Crippen molar-refractivity contribution in [2.75, 3.05) is 21.3 Å². The smallest absolute Gasteiger partial charge is 0.252 e. The van der Waals surface area contributed by atoms with E-state index in [4.69, 9.17) is 25.8 Å². The van der Waals surface area contributed by atoms with Crippen molar-refractivity contribution in [1.29, 1.82) is 0 Å². The first-order chi connectivity index (χ1) is 12.0. The van der Waals surface area contributed by atoms with Gasteiger partial charge in [-0.25, -0.2) is 0 Å². The summed E-state index contributed by atoms with van der Waals surface area (Å²) in [5, 5.41) is -0.513. The number of halogens is 1. The van der Waals surface area contributed by atoms with Gasteiger partial charge in [0.2, 0.25) is 0 Å². The second-order valence-electron chi connectivity index (χ2n) is 6.22. The highest BCUT2D eigenvalue weighted by Gasteiger charge is 2.35. The van der Waals surface area contributed by atoms with E-state index in [0.717, 1.165) is 12.8 Å². The lowest BCUT2D eigenvalue weighted by atomic mass is 9.95. The van der Waals surface area contributed by atoms with Crippen molar-refractivity contribution in [2.45, 2.75) is 64.1 Å². The van der Waals surface area contributed by atoms with Crippen LogP contribution in [0, 0.1) is 0 Å². The fourth-order valence-electron chi connectivity index (χ4n) is 3.08. The highest BCUT2D eigenvalue weighted by Crippen LogP contribution is 2.38. The molecule has 1 aromatic carbocycles. The lowest BCUT2D eigenvalue weighted by Gasteiger charge is -2.33. The van der Waals surface area contributed by atoms with Crippen LogP contribution in [0.25, 0.3) is 0 Å². The van der Waals surface area contributed by atoms with Gasteiger partial charge in [-0.1, -0.05) is 45.4 Å². The second kappa shape index (κ2) is 11.5. The molecule has 0 fully saturated rings. The van der Waals surface area contributed by atoms with Crippen molar-refractivity contribution in [2.24, 2.45) is 0 Å². The lowest BCUT2D eigenvalue weighted by Crippen LogP contribution is -2.31. The van der Waals surface area contributed by atoms with Crippen LogP contribution in [0.3, 0.4) is 0 Å². The molecule has 0 heterocycles. The maximum Gasteiger partial charge on any atom is 0.252 e. The van der Waals surface area contributed by atoms with E-state index in [9.17, 15) is 4.79 Å². The molecule has 0 radical (unpaired) electrons. The summed E-state index contributed by atoms with van der Waals surface area (Å²) in [6, 6.07) is 5.06. The molecule has 1 rings (SSSR count). The Labute approximate surface area is 156 Å². The predicted molar refractivity (Wildman–Crippen MR) is 101 cm³/mol. The third-order valence-electron chi connectivity index (χ3n) is 4.61. The molecule has 0 unspecified atom stereocenters. The zero-order chi connectivity index (χ0) is 18.7. The normalized spacial score (nSPS) is 11.6. The fourth-order valence-corrected chi connectivity index (χ4v) is 3.20. The van der Waals surface area contributed by atoms with E-state index in [1.54, 1.807) is 39.5 Å². The molecule has 0 aliphatic rings. The van der Waals surface area contributed by atoms with E-state index < -0.39 is 11.0 Å². The molecule has 142 valence electrons. The lowest BCUT2D eigenvalue weighted by molar-refractivity contribution is -0.221. The third kappa shape index (κ3) is 6.28. The van der Waals surface area contributed by atoms with Crippen LogP contribution >= 0.6 is 11.6 Å². The SMILES string of the molecule is CCCCCCCCCC(OC)(OC)c1cc(C(=O)Cl)ccc1OC. The van der Waals surface area contributed by atoms with Crippen LogP contribution < -0.4 is 4.74 Å². The van der Waals surface area contributed by atoms with Gasteiger partial charge in [0.05, 0.1) is 12.7 Å². The maximum atomic E-state index is 11.5. The Balaban J connectivity index is 2.86. The topological polar surface area (TPSA) is 44.8 Å². The molecule has 0 amide bonds. The van der Waals surface area contributed by atoms with E-state index in [1.165, 1.54) is 32.1 Å². The maximum absolute atomic E-state index is 11.5. The van der Waals surface area contributed by atoms with Crippen molar-refractivity contribution in [3.05, 3.63) is 29.3 Å². The van der Waals surface area contributed by atoms with Gasteiger partial charge in [-0.15, -0.1) is 0 Å². The average molecular weight is 371 g/mol. The minimum Gasteiger partial charge on any atom is -0.496 e. The van der Waals surface area contributed by atoms with Gasteiger partial charge in [-0.2, -0.15) is 0 Å². The molecule has 0 aliphatic carbocycles. The van der Waals surface area contributed by atoms with Crippen molar-refractivity contribution < 1.29 is 19.0 Å². The number of methoxy groups -OCH3 is 3. The first-order valence-electron chi connectivity index (χ1n) is 9.03. The van der Waals surface area contributed by atoms with Crippen LogP contribution in [0.1, 0.15) is 74.2 Å². The van der Waals surface area contributed by atoms with Crippen molar-refractivity contribution in [3.63, 3.8) is 0 Å². The summed E-state index contributed by atoms with van der Waals surface area (Å²) in [7, 11) is 4.81. The van der Waals surface area contributed by atoms with Crippen LogP contribution in [-0.4, -0.2) is 26.6 Å². The number of carbonyl (C=O) groups excluding carboxylic acids is 1. The van der Waals surface area contributed by atoms with E-state index in [1.807, 2.05) is 0 Å². The van der Waals surface area contributed by atoms with Gasteiger partial charge in [0.25, 0.3) is 5.24 Å². The van der Waals surface area contributed by atoms with Crippen LogP contribution in [0.2, 0.25) is 0 Å². The Morgan fingerprint density at radius 3 is 2.12 bits per heavy atom. The average Bonchev–Trinajstić information content (AvgIpc) is 2.64. The Bertz CT molecular complexity index is 526. The summed E-state index contributed by atoms with van der Waals surface area (Å²) in [5.74, 6) is -0.329. The molecule has 0 aliphatic heterocycles. The van der Waals surface area contributed by atoms with Gasteiger partial charge in [0.15, 0.2) is 5.79 Å². The van der Waals surface area contributed by atoms with Crippen LogP contribution in [0.5, 0.6) is 5.75 Å². The van der Waals surface area contributed by atoms with Crippen molar-refractivity contribution >= 4 is 16.8 Å². The monoisotopic (exact) mass is 370 g/mol. The quantitative estimate of drug-likeness (QED) is 0.255. The zero-order valence-electron chi connectivity index (χ0n) is 15.9. The highest BCUT2D eigenvalue weighted by atomic mass is 35.5.